The van der Waals surface area contributed by atoms with E-state index in [9.17, 15) is 0 Å². The van der Waals surface area contributed by atoms with Crippen LogP contribution in [0.1, 0.15) is 6.42 Å². The van der Waals surface area contributed by atoms with E-state index in [1.165, 1.54) is 0 Å². The van der Waals surface area contributed by atoms with Crippen molar-refractivity contribution < 1.29 is 4.52 Å². The van der Waals surface area contributed by atoms with Crippen LogP contribution in [0.4, 0.5) is 0 Å². The van der Waals surface area contributed by atoms with Gasteiger partial charge in [-0.05, 0) is 20.5 Å². The highest BCUT2D eigenvalue weighted by Gasteiger charge is 2.31. The second-order valence-corrected chi connectivity index (χ2v) is 7.20. The van der Waals surface area contributed by atoms with Crippen LogP contribution in [-0.4, -0.2) is 31.0 Å². The molecule has 0 aromatic rings. The van der Waals surface area contributed by atoms with Crippen LogP contribution in [0.15, 0.2) is 0 Å². The molecule has 0 amide bonds. The fourth-order valence-electron chi connectivity index (χ4n) is 0.993. The molecule has 0 saturated carbocycles. The van der Waals surface area contributed by atoms with E-state index in [1.807, 2.05) is 18.8 Å². The average molecular weight is 189 g/mol. The van der Waals surface area contributed by atoms with Crippen LogP contribution in [0, 0.1) is 12.3 Å². The summed E-state index contributed by atoms with van der Waals surface area (Å²) >= 11 is 5.35. The van der Waals surface area contributed by atoms with Gasteiger partial charge in [-0.3, -0.25) is 4.67 Å². The van der Waals surface area contributed by atoms with Crippen molar-refractivity contribution in [3.8, 4) is 12.3 Å². The van der Waals surface area contributed by atoms with E-state index in [0.29, 0.717) is 0 Å². The van der Waals surface area contributed by atoms with Crippen molar-refractivity contribution >= 4 is 18.2 Å². The lowest BCUT2D eigenvalue weighted by Gasteiger charge is -2.22. The van der Waals surface area contributed by atoms with Crippen molar-refractivity contribution in [1.82, 2.24) is 4.67 Å². The molecule has 1 aliphatic rings. The van der Waals surface area contributed by atoms with Crippen LogP contribution in [0.3, 0.4) is 0 Å². The summed E-state index contributed by atoms with van der Waals surface area (Å²) in [6.45, 7) is 0. The third kappa shape index (κ3) is 1.83. The van der Waals surface area contributed by atoms with Gasteiger partial charge in [0, 0.05) is 6.16 Å². The van der Waals surface area contributed by atoms with Gasteiger partial charge in [-0.15, -0.1) is 6.42 Å². The fraction of sp³-hybridized carbons (Fsp3) is 0.714. The molecule has 4 heteroatoms. The molecule has 1 aliphatic heterocycles. The molecule has 62 valence electrons. The maximum Gasteiger partial charge on any atom is 0.133 e. The molecule has 0 aliphatic carbocycles. The molecule has 1 fully saturated rings. The Morgan fingerprint density at radius 3 is 2.64 bits per heavy atom. The van der Waals surface area contributed by atoms with Crippen molar-refractivity contribution in [1.29, 1.82) is 0 Å². The topological polar surface area (TPSA) is 12.5 Å². The number of rotatable bonds is 1. The summed E-state index contributed by atoms with van der Waals surface area (Å²) < 4.78 is 7.57. The predicted molar refractivity (Wildman–Crippen MR) is 51.2 cm³/mol. The zero-order valence-corrected chi connectivity index (χ0v) is 8.49. The number of hydrogen-bond acceptors (Lipinski definition) is 2. The molecule has 2 nitrogen and oxygen atoms in total. The molecule has 0 N–H and O–H groups in total. The first-order valence-corrected chi connectivity index (χ1v) is 6.36. The summed E-state index contributed by atoms with van der Waals surface area (Å²) in [5, 5.41) is 0. The van der Waals surface area contributed by atoms with Gasteiger partial charge in [-0.1, -0.05) is 17.7 Å². The van der Waals surface area contributed by atoms with E-state index in [0.717, 1.165) is 12.6 Å². The van der Waals surface area contributed by atoms with Crippen LogP contribution in [0.2, 0.25) is 0 Å². The molecule has 0 aromatic carbocycles. The largest absolute Gasteiger partial charge is 0.322 e. The smallest absolute Gasteiger partial charge is 0.133 e. The van der Waals surface area contributed by atoms with Gasteiger partial charge in [-0.2, -0.15) is 0 Å². The maximum absolute atomic E-state index is 5.58. The number of nitrogens with zero attached hydrogens (tertiary/aromatic N) is 1. The lowest BCUT2D eigenvalue weighted by atomic mass is 10.3. The fourth-order valence-corrected chi connectivity index (χ4v) is 3.44. The summed E-state index contributed by atoms with van der Waals surface area (Å²) in [4.78, 5) is 0. The van der Waals surface area contributed by atoms with E-state index in [4.69, 9.17) is 22.8 Å². The highest BCUT2D eigenvalue weighted by molar-refractivity contribution is 8.11. The first-order valence-electron chi connectivity index (χ1n) is 3.50. The van der Waals surface area contributed by atoms with Gasteiger partial charge in [-0.25, -0.2) is 0 Å². The predicted octanol–water partition coefficient (Wildman–Crippen LogP) is 1.28. The molecular formula is C7H12NOPS. The lowest BCUT2D eigenvalue weighted by Crippen LogP contribution is -2.09. The Hall–Kier alpha value is 0.130. The average Bonchev–Trinajstić information content (AvgIpc) is 2.33. The van der Waals surface area contributed by atoms with Crippen molar-refractivity contribution in [2.24, 2.45) is 0 Å². The Labute approximate surface area is 73.1 Å². The second-order valence-electron chi connectivity index (χ2n) is 2.76. The minimum atomic E-state index is -1.69. The van der Waals surface area contributed by atoms with Gasteiger partial charge in [0.25, 0.3) is 0 Å². The Balaban J connectivity index is 2.67. The van der Waals surface area contributed by atoms with Crippen molar-refractivity contribution in [2.45, 2.75) is 12.5 Å². The number of terminal acetylenes is 1. The second kappa shape index (κ2) is 3.25. The van der Waals surface area contributed by atoms with Crippen LogP contribution < -0.4 is 0 Å². The van der Waals surface area contributed by atoms with Gasteiger partial charge < -0.3 is 4.52 Å². The van der Waals surface area contributed by atoms with Crippen LogP contribution in [-0.2, 0) is 16.3 Å². The summed E-state index contributed by atoms with van der Waals surface area (Å²) in [6, 6.07) is 0. The van der Waals surface area contributed by atoms with E-state index in [-0.39, 0.29) is 6.10 Å². The van der Waals surface area contributed by atoms with Gasteiger partial charge in [0.15, 0.2) is 0 Å². The molecule has 0 radical (unpaired) electrons. The standard InChI is InChI=1S/C7H12NOPS/c1-4-7-5-6-10(11,9-7)8(2)3/h1,7H,5-6H2,2-3H3. The zero-order chi connectivity index (χ0) is 8.48. The minimum Gasteiger partial charge on any atom is -0.322 e. The maximum atomic E-state index is 5.58. The van der Waals surface area contributed by atoms with Crippen LogP contribution in [0.5, 0.6) is 0 Å². The normalized spacial score (nSPS) is 37.5. The summed E-state index contributed by atoms with van der Waals surface area (Å²) in [6.07, 6.45) is 5.38. The highest BCUT2D eigenvalue weighted by Crippen LogP contribution is 2.55. The van der Waals surface area contributed by atoms with Gasteiger partial charge in [0.1, 0.15) is 12.5 Å². The Bertz CT molecular complexity index is 233. The minimum absolute atomic E-state index is 0.0387. The molecule has 0 aromatic heterocycles. The first kappa shape index (κ1) is 9.22. The molecule has 1 rings (SSSR count). The molecule has 0 spiro atoms. The Morgan fingerprint density at radius 2 is 2.36 bits per heavy atom. The van der Waals surface area contributed by atoms with E-state index < -0.39 is 6.42 Å². The summed E-state index contributed by atoms with van der Waals surface area (Å²) in [7, 11) is 3.92. The molecule has 0 bridgehead atoms. The summed E-state index contributed by atoms with van der Waals surface area (Å²) in [5.74, 6) is 2.59. The van der Waals surface area contributed by atoms with Gasteiger partial charge >= 0.3 is 0 Å². The monoisotopic (exact) mass is 189 g/mol. The SMILES string of the molecule is C#CC1CCP(=S)(N(C)C)O1. The zero-order valence-electron chi connectivity index (χ0n) is 6.78. The third-order valence-electron chi connectivity index (χ3n) is 1.76. The molecular weight excluding hydrogens is 177 g/mol. The summed E-state index contributed by atoms with van der Waals surface area (Å²) in [5.41, 5.74) is 0. The quantitative estimate of drug-likeness (QED) is 0.455. The van der Waals surface area contributed by atoms with Crippen LogP contribution in [0.25, 0.3) is 0 Å². The van der Waals surface area contributed by atoms with Crippen LogP contribution >= 0.6 is 6.42 Å². The van der Waals surface area contributed by atoms with Gasteiger partial charge in [0.2, 0.25) is 0 Å². The highest BCUT2D eigenvalue weighted by atomic mass is 32.4. The number of hydrogen-bond donors (Lipinski definition) is 0. The van der Waals surface area contributed by atoms with E-state index in [2.05, 4.69) is 5.92 Å². The molecule has 2 atom stereocenters. The first-order chi connectivity index (χ1) is 5.08. The van der Waals surface area contributed by atoms with E-state index >= 15 is 0 Å². The molecule has 1 saturated heterocycles. The van der Waals surface area contributed by atoms with Crippen molar-refractivity contribution in [2.75, 3.05) is 20.3 Å². The molecule has 11 heavy (non-hydrogen) atoms. The Morgan fingerprint density at radius 1 is 1.73 bits per heavy atom. The van der Waals surface area contributed by atoms with E-state index in [1.54, 1.807) is 0 Å². The molecule has 2 unspecified atom stereocenters. The lowest BCUT2D eigenvalue weighted by molar-refractivity contribution is 0.299. The van der Waals surface area contributed by atoms with Crippen molar-refractivity contribution in [3.05, 3.63) is 0 Å². The van der Waals surface area contributed by atoms with Crippen molar-refractivity contribution in [3.63, 3.8) is 0 Å². The third-order valence-corrected chi connectivity index (χ3v) is 6.17. The molecule has 1 heterocycles. The van der Waals surface area contributed by atoms with Gasteiger partial charge in [0.05, 0.1) is 0 Å². The Kier molecular flexibility index (Phi) is 2.72.